The predicted molar refractivity (Wildman–Crippen MR) is 38.1 cm³/mol. The highest BCUT2D eigenvalue weighted by molar-refractivity contribution is 5.77. The van der Waals surface area contributed by atoms with Crippen molar-refractivity contribution in [3.05, 3.63) is 0 Å². The molecule has 0 aromatic carbocycles. The van der Waals surface area contributed by atoms with E-state index in [0.717, 1.165) is 0 Å². The summed E-state index contributed by atoms with van der Waals surface area (Å²) in [4.78, 5) is 3.81. The number of hydrogen-bond acceptors (Lipinski definition) is 7. The van der Waals surface area contributed by atoms with E-state index in [1.807, 2.05) is 0 Å². The first-order chi connectivity index (χ1) is 5.54. The zero-order chi connectivity index (χ0) is 9.72. The Morgan fingerprint density at radius 2 is 1.92 bits per heavy atom. The van der Waals surface area contributed by atoms with Crippen molar-refractivity contribution in [2.24, 2.45) is 5.90 Å². The SMILES string of the molecule is N=C(ON)[C@H](O)[C@H](O)[C@H](O)CO. The molecule has 0 aromatic rings. The Hall–Kier alpha value is -0.730. The molecule has 3 atom stereocenters. The molecule has 12 heavy (non-hydrogen) atoms. The van der Waals surface area contributed by atoms with E-state index in [4.69, 9.17) is 25.8 Å². The second kappa shape index (κ2) is 5.01. The second-order valence-electron chi connectivity index (χ2n) is 2.17. The zero-order valence-corrected chi connectivity index (χ0v) is 6.21. The molecular formula is C5H12N2O5. The van der Waals surface area contributed by atoms with Crippen LogP contribution in [0.2, 0.25) is 0 Å². The normalized spacial score (nSPS) is 18.1. The maximum Gasteiger partial charge on any atom is 0.237 e. The Kier molecular flexibility index (Phi) is 4.71. The zero-order valence-electron chi connectivity index (χ0n) is 6.21. The second-order valence-corrected chi connectivity index (χ2v) is 2.17. The lowest BCUT2D eigenvalue weighted by Crippen LogP contribution is -2.44. The lowest BCUT2D eigenvalue weighted by Gasteiger charge is -2.20. The fourth-order valence-electron chi connectivity index (χ4n) is 0.543. The van der Waals surface area contributed by atoms with Crippen molar-refractivity contribution >= 4 is 5.90 Å². The van der Waals surface area contributed by atoms with Crippen LogP contribution in [0.1, 0.15) is 0 Å². The van der Waals surface area contributed by atoms with E-state index in [1.54, 1.807) is 0 Å². The Labute approximate surface area is 68.5 Å². The minimum atomic E-state index is -1.74. The number of rotatable bonds is 4. The fourth-order valence-corrected chi connectivity index (χ4v) is 0.543. The van der Waals surface area contributed by atoms with E-state index in [2.05, 4.69) is 10.7 Å². The summed E-state index contributed by atoms with van der Waals surface area (Å²) in [6.45, 7) is -0.726. The third-order valence-electron chi connectivity index (χ3n) is 1.30. The number of nitrogens with two attached hydrogens (primary N) is 1. The van der Waals surface area contributed by atoms with E-state index >= 15 is 0 Å². The molecule has 0 saturated heterocycles. The minimum Gasteiger partial charge on any atom is -0.394 e. The van der Waals surface area contributed by atoms with Crippen LogP contribution in [0.25, 0.3) is 0 Å². The third-order valence-corrected chi connectivity index (χ3v) is 1.30. The molecule has 72 valence electrons. The van der Waals surface area contributed by atoms with Gasteiger partial charge in [-0.3, -0.25) is 5.41 Å². The first-order valence-corrected chi connectivity index (χ1v) is 3.14. The highest BCUT2D eigenvalue weighted by Crippen LogP contribution is 2.00. The van der Waals surface area contributed by atoms with Crippen LogP contribution in [-0.2, 0) is 4.84 Å². The van der Waals surface area contributed by atoms with Crippen molar-refractivity contribution in [3.8, 4) is 0 Å². The summed E-state index contributed by atoms with van der Waals surface area (Å²) in [5.74, 6) is 3.73. The average molecular weight is 180 g/mol. The summed E-state index contributed by atoms with van der Waals surface area (Å²) in [5, 5.41) is 41.8. The van der Waals surface area contributed by atoms with Gasteiger partial charge in [-0.1, -0.05) is 0 Å². The van der Waals surface area contributed by atoms with Crippen LogP contribution in [-0.4, -0.2) is 51.2 Å². The van der Waals surface area contributed by atoms with Crippen molar-refractivity contribution in [1.82, 2.24) is 0 Å². The van der Waals surface area contributed by atoms with Crippen LogP contribution in [0.15, 0.2) is 0 Å². The highest BCUT2D eigenvalue weighted by atomic mass is 16.6. The van der Waals surface area contributed by atoms with Crippen LogP contribution in [0.5, 0.6) is 0 Å². The van der Waals surface area contributed by atoms with Crippen LogP contribution in [0, 0.1) is 5.41 Å². The lowest BCUT2D eigenvalue weighted by molar-refractivity contribution is -0.0612. The van der Waals surface area contributed by atoms with E-state index < -0.39 is 30.8 Å². The number of nitrogens with one attached hydrogen (secondary N) is 1. The fraction of sp³-hybridized carbons (Fsp3) is 0.800. The quantitative estimate of drug-likeness (QED) is 0.154. The number of aliphatic hydroxyl groups is 4. The molecule has 0 heterocycles. The third kappa shape index (κ3) is 2.72. The molecule has 0 aliphatic rings. The molecule has 0 amide bonds. The van der Waals surface area contributed by atoms with E-state index in [9.17, 15) is 0 Å². The van der Waals surface area contributed by atoms with Crippen LogP contribution in [0.4, 0.5) is 0 Å². The standard InChI is InChI=1S/C5H12N2O5/c6-5(12-7)4(11)3(10)2(9)1-8/h2-4,6,8-11H,1,7H2/t2-,3-,4-/m1/s1. The van der Waals surface area contributed by atoms with Gasteiger partial charge < -0.3 is 25.3 Å². The van der Waals surface area contributed by atoms with Gasteiger partial charge in [0.25, 0.3) is 0 Å². The van der Waals surface area contributed by atoms with E-state index in [-0.39, 0.29) is 0 Å². The molecule has 7 heteroatoms. The summed E-state index contributed by atoms with van der Waals surface area (Å²) in [6.07, 6.45) is -4.96. The Balaban J connectivity index is 4.08. The van der Waals surface area contributed by atoms with Crippen molar-refractivity contribution in [3.63, 3.8) is 0 Å². The van der Waals surface area contributed by atoms with Crippen molar-refractivity contribution < 1.29 is 25.3 Å². The molecule has 0 rings (SSSR count). The molecule has 0 unspecified atom stereocenters. The maximum absolute atomic E-state index is 8.95. The Morgan fingerprint density at radius 1 is 1.42 bits per heavy atom. The van der Waals surface area contributed by atoms with Gasteiger partial charge in [-0.2, -0.15) is 5.90 Å². The highest BCUT2D eigenvalue weighted by Gasteiger charge is 2.28. The molecule has 7 N–H and O–H groups in total. The van der Waals surface area contributed by atoms with Crippen molar-refractivity contribution in [2.45, 2.75) is 18.3 Å². The maximum atomic E-state index is 8.95. The van der Waals surface area contributed by atoms with Crippen LogP contribution < -0.4 is 5.90 Å². The summed E-state index contributed by atoms with van der Waals surface area (Å²) in [7, 11) is 0. The van der Waals surface area contributed by atoms with Gasteiger partial charge in [-0.15, -0.1) is 0 Å². The van der Waals surface area contributed by atoms with Gasteiger partial charge in [0, 0.05) is 0 Å². The Morgan fingerprint density at radius 3 is 2.25 bits per heavy atom. The summed E-state index contributed by atoms with van der Waals surface area (Å²) in [6, 6.07) is 0. The first-order valence-electron chi connectivity index (χ1n) is 3.14. The van der Waals surface area contributed by atoms with Gasteiger partial charge in [0.1, 0.15) is 12.2 Å². The molecule has 0 fully saturated rings. The summed E-state index contributed by atoms with van der Waals surface area (Å²) in [5.41, 5.74) is 0. The van der Waals surface area contributed by atoms with Gasteiger partial charge in [0.15, 0.2) is 6.10 Å². The molecular weight excluding hydrogens is 168 g/mol. The largest absolute Gasteiger partial charge is 0.394 e. The molecule has 7 nitrogen and oxygen atoms in total. The summed E-state index contributed by atoms with van der Waals surface area (Å²) < 4.78 is 0. The van der Waals surface area contributed by atoms with Crippen molar-refractivity contribution in [2.75, 3.05) is 6.61 Å². The smallest absolute Gasteiger partial charge is 0.237 e. The molecule has 0 bridgehead atoms. The van der Waals surface area contributed by atoms with E-state index in [1.165, 1.54) is 0 Å². The topological polar surface area (TPSA) is 140 Å². The van der Waals surface area contributed by atoms with Gasteiger partial charge in [0.05, 0.1) is 6.61 Å². The van der Waals surface area contributed by atoms with E-state index in [0.29, 0.717) is 0 Å². The minimum absolute atomic E-state index is 0.726. The lowest BCUT2D eigenvalue weighted by atomic mass is 10.1. The monoisotopic (exact) mass is 180 g/mol. The molecule has 0 aromatic heterocycles. The molecule has 0 spiro atoms. The molecule has 0 radical (unpaired) electrons. The molecule has 0 aliphatic heterocycles. The van der Waals surface area contributed by atoms with Gasteiger partial charge >= 0.3 is 0 Å². The van der Waals surface area contributed by atoms with Crippen LogP contribution in [0.3, 0.4) is 0 Å². The van der Waals surface area contributed by atoms with Gasteiger partial charge in [-0.05, 0) is 0 Å². The number of hydrogen-bond donors (Lipinski definition) is 6. The average Bonchev–Trinajstić information content (AvgIpc) is 2.12. The van der Waals surface area contributed by atoms with Gasteiger partial charge in [0.2, 0.25) is 5.90 Å². The van der Waals surface area contributed by atoms with Crippen molar-refractivity contribution in [1.29, 1.82) is 5.41 Å². The number of aliphatic hydroxyl groups excluding tert-OH is 4. The van der Waals surface area contributed by atoms with Gasteiger partial charge in [-0.25, -0.2) is 0 Å². The summed E-state index contributed by atoms with van der Waals surface area (Å²) >= 11 is 0. The van der Waals surface area contributed by atoms with Crippen LogP contribution >= 0.6 is 0 Å². The first kappa shape index (κ1) is 11.3. The predicted octanol–water partition coefficient (Wildman–Crippen LogP) is -3.07. The molecule has 0 aliphatic carbocycles. The molecule has 0 saturated carbocycles. The Bertz CT molecular complexity index is 153.